The van der Waals surface area contributed by atoms with Gasteiger partial charge in [-0.25, -0.2) is 4.79 Å². The van der Waals surface area contributed by atoms with E-state index in [-0.39, 0.29) is 31.6 Å². The van der Waals surface area contributed by atoms with Gasteiger partial charge in [0.15, 0.2) is 0 Å². The fraction of sp³-hybridized carbons (Fsp3) is 0.560. The van der Waals surface area contributed by atoms with Crippen LogP contribution in [0.4, 0.5) is 0 Å². The first kappa shape index (κ1) is 31.9. The largest absolute Gasteiger partial charge is 0.480 e. The van der Waals surface area contributed by atoms with Crippen LogP contribution in [0.1, 0.15) is 45.1 Å². The lowest BCUT2D eigenvalue weighted by atomic mass is 9.96. The lowest BCUT2D eigenvalue weighted by Crippen LogP contribution is -2.59. The van der Waals surface area contributed by atoms with Crippen LogP contribution in [0.15, 0.2) is 30.3 Å². The zero-order valence-corrected chi connectivity index (χ0v) is 22.4. The fourth-order valence-corrected chi connectivity index (χ4v) is 3.95. The molecule has 0 spiro atoms. The van der Waals surface area contributed by atoms with E-state index < -0.39 is 53.8 Å². The van der Waals surface area contributed by atoms with Crippen LogP contribution in [0, 0.1) is 5.92 Å². The fourth-order valence-electron chi connectivity index (χ4n) is 3.48. The van der Waals surface area contributed by atoms with Crippen LogP contribution < -0.4 is 27.4 Å². The van der Waals surface area contributed by atoms with Crippen LogP contribution in [0.25, 0.3) is 0 Å². The van der Waals surface area contributed by atoms with Crippen molar-refractivity contribution in [1.29, 1.82) is 0 Å². The van der Waals surface area contributed by atoms with E-state index in [1.54, 1.807) is 31.2 Å². The van der Waals surface area contributed by atoms with E-state index in [0.29, 0.717) is 12.2 Å². The summed E-state index contributed by atoms with van der Waals surface area (Å²) in [6, 6.07) is 4.75. The van der Waals surface area contributed by atoms with Gasteiger partial charge in [0, 0.05) is 12.8 Å². The van der Waals surface area contributed by atoms with Crippen LogP contribution >= 0.6 is 11.8 Å². The van der Waals surface area contributed by atoms with Crippen molar-refractivity contribution in [2.24, 2.45) is 17.4 Å². The van der Waals surface area contributed by atoms with Crippen LogP contribution in [0.3, 0.4) is 0 Å². The van der Waals surface area contributed by atoms with Crippen molar-refractivity contribution in [1.82, 2.24) is 16.0 Å². The van der Waals surface area contributed by atoms with Crippen LogP contribution in [-0.4, -0.2) is 70.9 Å². The van der Waals surface area contributed by atoms with E-state index in [4.69, 9.17) is 11.5 Å². The summed E-state index contributed by atoms with van der Waals surface area (Å²) in [5, 5.41) is 17.3. The quantitative estimate of drug-likeness (QED) is 0.162. The van der Waals surface area contributed by atoms with Gasteiger partial charge in [-0.3, -0.25) is 19.2 Å². The first-order chi connectivity index (χ1) is 17.5. The minimum atomic E-state index is -1.16. The van der Waals surface area contributed by atoms with Gasteiger partial charge in [-0.15, -0.1) is 0 Å². The molecule has 0 heterocycles. The van der Waals surface area contributed by atoms with Crippen molar-refractivity contribution < 1.29 is 29.1 Å². The third-order valence-corrected chi connectivity index (χ3v) is 6.62. The van der Waals surface area contributed by atoms with Gasteiger partial charge < -0.3 is 32.5 Å². The standard InChI is InChI=1S/C25H39N5O6S/c1-4-15(2)21(24(34)28-18(25(35)36)12-13-37-3)30-23(33)19(14-16-8-6-5-7-9-16)29-22(32)17(26)10-11-20(27)31/h5-9,15,17-19,21H,4,10-14,26H2,1-3H3,(H2,27,31)(H,28,34)(H,29,32)(H,30,33)(H,35,36). The molecule has 0 saturated carbocycles. The Balaban J connectivity index is 3.09. The molecule has 0 aliphatic rings. The Bertz CT molecular complexity index is 916. The van der Waals surface area contributed by atoms with Crippen molar-refractivity contribution >= 4 is 41.4 Å². The predicted octanol–water partition coefficient (Wildman–Crippen LogP) is 0.160. The van der Waals surface area contributed by atoms with Gasteiger partial charge in [0.1, 0.15) is 18.1 Å². The number of carbonyl (C=O) groups excluding carboxylic acids is 4. The summed E-state index contributed by atoms with van der Waals surface area (Å²) in [5.74, 6) is -3.39. The molecular weight excluding hydrogens is 498 g/mol. The van der Waals surface area contributed by atoms with Crippen LogP contribution in [0.5, 0.6) is 0 Å². The number of carbonyl (C=O) groups is 5. The van der Waals surface area contributed by atoms with Gasteiger partial charge in [0.05, 0.1) is 6.04 Å². The van der Waals surface area contributed by atoms with Crippen molar-refractivity contribution in [3.63, 3.8) is 0 Å². The average molecular weight is 538 g/mol. The van der Waals surface area contributed by atoms with Gasteiger partial charge in [-0.1, -0.05) is 50.6 Å². The van der Waals surface area contributed by atoms with Crippen molar-refractivity contribution in [2.75, 3.05) is 12.0 Å². The normalized spacial score (nSPS) is 14.9. The average Bonchev–Trinajstić information content (AvgIpc) is 2.87. The highest BCUT2D eigenvalue weighted by atomic mass is 32.2. The number of hydrogen-bond acceptors (Lipinski definition) is 7. The number of carboxylic acids is 1. The molecule has 0 aliphatic carbocycles. The van der Waals surface area contributed by atoms with Crippen LogP contribution in [-0.2, 0) is 30.4 Å². The predicted molar refractivity (Wildman–Crippen MR) is 142 cm³/mol. The second-order valence-corrected chi connectivity index (χ2v) is 9.90. The summed E-state index contributed by atoms with van der Waals surface area (Å²) in [7, 11) is 0. The van der Waals surface area contributed by atoms with Gasteiger partial charge >= 0.3 is 5.97 Å². The maximum Gasteiger partial charge on any atom is 0.326 e. The molecular formula is C25H39N5O6S. The van der Waals surface area contributed by atoms with Gasteiger partial charge in [0.2, 0.25) is 23.6 Å². The number of hydrogen-bond donors (Lipinski definition) is 6. The molecule has 5 unspecified atom stereocenters. The number of primary amides is 1. The van der Waals surface area contributed by atoms with E-state index in [1.165, 1.54) is 11.8 Å². The molecule has 11 nitrogen and oxygen atoms in total. The topological polar surface area (TPSA) is 194 Å². The Labute approximate surface area is 221 Å². The Morgan fingerprint density at radius 3 is 2.11 bits per heavy atom. The van der Waals surface area contributed by atoms with Crippen molar-refractivity contribution in [2.45, 2.75) is 70.1 Å². The molecule has 0 radical (unpaired) electrons. The minimum absolute atomic E-state index is 0.0192. The summed E-state index contributed by atoms with van der Waals surface area (Å²) < 4.78 is 0. The second kappa shape index (κ2) is 16.6. The molecule has 0 aliphatic heterocycles. The summed E-state index contributed by atoms with van der Waals surface area (Å²) >= 11 is 1.46. The molecule has 0 aromatic heterocycles. The zero-order valence-electron chi connectivity index (χ0n) is 21.6. The molecule has 0 bridgehead atoms. The molecule has 0 saturated heterocycles. The number of aliphatic carboxylic acids is 1. The minimum Gasteiger partial charge on any atom is -0.480 e. The number of amides is 4. The Morgan fingerprint density at radius 1 is 0.946 bits per heavy atom. The summed E-state index contributed by atoms with van der Waals surface area (Å²) in [4.78, 5) is 61.8. The van der Waals surface area contributed by atoms with E-state index in [2.05, 4.69) is 16.0 Å². The molecule has 12 heteroatoms. The van der Waals surface area contributed by atoms with E-state index >= 15 is 0 Å². The number of thioether (sulfide) groups is 1. The Hall–Kier alpha value is -3.12. The smallest absolute Gasteiger partial charge is 0.326 e. The summed E-state index contributed by atoms with van der Waals surface area (Å²) in [6.45, 7) is 3.62. The summed E-state index contributed by atoms with van der Waals surface area (Å²) in [5.41, 5.74) is 11.8. The number of nitrogens with two attached hydrogens (primary N) is 2. The number of carboxylic acid groups (broad SMARTS) is 1. The molecule has 4 amide bonds. The molecule has 1 aromatic rings. The summed E-state index contributed by atoms with van der Waals surface area (Å²) in [6.07, 6.45) is 2.67. The van der Waals surface area contributed by atoms with Gasteiger partial charge in [-0.2, -0.15) is 11.8 Å². The number of nitrogens with one attached hydrogen (secondary N) is 3. The molecule has 8 N–H and O–H groups in total. The zero-order chi connectivity index (χ0) is 28.0. The van der Waals surface area contributed by atoms with Gasteiger partial charge in [-0.05, 0) is 36.3 Å². The van der Waals surface area contributed by atoms with Crippen molar-refractivity contribution in [3.05, 3.63) is 35.9 Å². The second-order valence-electron chi connectivity index (χ2n) is 8.92. The number of benzene rings is 1. The van der Waals surface area contributed by atoms with E-state index in [0.717, 1.165) is 5.56 Å². The number of rotatable bonds is 17. The lowest BCUT2D eigenvalue weighted by Gasteiger charge is -2.28. The monoisotopic (exact) mass is 537 g/mol. The highest BCUT2D eigenvalue weighted by molar-refractivity contribution is 7.98. The highest BCUT2D eigenvalue weighted by Gasteiger charge is 2.32. The highest BCUT2D eigenvalue weighted by Crippen LogP contribution is 2.12. The Kier molecular flexibility index (Phi) is 14.3. The molecule has 206 valence electrons. The molecule has 0 fully saturated rings. The molecule has 1 rings (SSSR count). The van der Waals surface area contributed by atoms with Crippen molar-refractivity contribution in [3.8, 4) is 0 Å². The first-order valence-electron chi connectivity index (χ1n) is 12.2. The SMILES string of the molecule is CCC(C)C(NC(=O)C(Cc1ccccc1)NC(=O)C(N)CCC(N)=O)C(=O)NC(CCSC)C(=O)O. The van der Waals surface area contributed by atoms with Gasteiger partial charge in [0.25, 0.3) is 0 Å². The third-order valence-electron chi connectivity index (χ3n) is 5.97. The van der Waals surface area contributed by atoms with E-state index in [9.17, 15) is 29.1 Å². The molecule has 1 aromatic carbocycles. The molecule has 5 atom stereocenters. The lowest BCUT2D eigenvalue weighted by molar-refractivity contribution is -0.142. The maximum absolute atomic E-state index is 13.4. The first-order valence-corrected chi connectivity index (χ1v) is 13.6. The van der Waals surface area contributed by atoms with Crippen LogP contribution in [0.2, 0.25) is 0 Å². The third kappa shape index (κ3) is 11.6. The maximum atomic E-state index is 13.4. The molecule has 37 heavy (non-hydrogen) atoms. The van der Waals surface area contributed by atoms with E-state index in [1.807, 2.05) is 19.2 Å². The Morgan fingerprint density at radius 2 is 1.57 bits per heavy atom.